The van der Waals surface area contributed by atoms with Crippen LogP contribution in [0.5, 0.6) is 5.75 Å². The summed E-state index contributed by atoms with van der Waals surface area (Å²) in [4.78, 5) is 0. The highest BCUT2D eigenvalue weighted by molar-refractivity contribution is 9.13. The monoisotopic (exact) mass is 492 g/mol. The second-order valence-corrected chi connectivity index (χ2v) is 7.89. The summed E-state index contributed by atoms with van der Waals surface area (Å²) in [6, 6.07) is 12.5. The summed E-state index contributed by atoms with van der Waals surface area (Å²) in [5.41, 5.74) is 3.99. The van der Waals surface area contributed by atoms with Crippen LogP contribution in [-0.4, -0.2) is 5.11 Å². The first-order valence-electron chi connectivity index (χ1n) is 6.94. The normalized spacial score (nSPS) is 12.3. The Bertz CT molecular complexity index is 1150. The van der Waals surface area contributed by atoms with Crippen molar-refractivity contribution < 1.29 is 9.52 Å². The molecule has 0 amide bonds. The number of phenols is 1. The van der Waals surface area contributed by atoms with Crippen LogP contribution in [0.3, 0.4) is 0 Å². The maximum atomic E-state index is 10.4. The topological polar surface area (TPSA) is 33.4 Å². The van der Waals surface area contributed by atoms with Crippen molar-refractivity contribution in [3.8, 4) is 28.2 Å². The van der Waals surface area contributed by atoms with Crippen LogP contribution in [0, 0.1) is 0 Å². The average molecular weight is 495 g/mol. The molecule has 1 aromatic heterocycles. The number of phenolic OH excluding ortho intramolecular Hbond substituents is 1. The molecule has 0 unspecified atom stereocenters. The Morgan fingerprint density at radius 2 is 1.48 bits per heavy atom. The minimum absolute atomic E-state index is 0.163. The van der Waals surface area contributed by atoms with Crippen LogP contribution in [0.4, 0.5) is 0 Å². The lowest BCUT2D eigenvalue weighted by atomic mass is 10.0. The van der Waals surface area contributed by atoms with E-state index >= 15 is 0 Å². The van der Waals surface area contributed by atoms with Crippen LogP contribution in [-0.2, 0) is 0 Å². The zero-order valence-corrected chi connectivity index (χ0v) is 16.2. The maximum Gasteiger partial charge on any atom is 0.152 e. The van der Waals surface area contributed by atoms with Gasteiger partial charge in [-0.1, -0.05) is 36.4 Å². The second kappa shape index (κ2) is 4.62. The quantitative estimate of drug-likeness (QED) is 0.230. The van der Waals surface area contributed by atoms with Crippen LogP contribution in [0.1, 0.15) is 0 Å². The van der Waals surface area contributed by atoms with Gasteiger partial charge in [0.15, 0.2) is 5.58 Å². The molecule has 4 aromatic rings. The van der Waals surface area contributed by atoms with E-state index in [0.29, 0.717) is 13.4 Å². The first kappa shape index (κ1) is 14.1. The Morgan fingerprint density at radius 1 is 0.783 bits per heavy atom. The summed E-state index contributed by atoms with van der Waals surface area (Å²) >= 11 is 10.5. The van der Waals surface area contributed by atoms with E-state index in [4.69, 9.17) is 4.42 Å². The Morgan fingerprint density at radius 3 is 2.22 bits per heavy atom. The zero-order valence-electron chi connectivity index (χ0n) is 11.5. The molecule has 1 heterocycles. The van der Waals surface area contributed by atoms with E-state index < -0.39 is 0 Å². The minimum atomic E-state index is 0.163. The van der Waals surface area contributed by atoms with Gasteiger partial charge in [0.25, 0.3) is 0 Å². The lowest BCUT2D eigenvalue weighted by molar-refractivity contribution is 0.468. The SMILES string of the molecule is Oc1c(Br)c(Br)c2oc3c(c2c1Br)-c1cccc2cccc-3c12. The number of halogens is 3. The van der Waals surface area contributed by atoms with Crippen molar-refractivity contribution in [2.45, 2.75) is 0 Å². The fourth-order valence-electron chi connectivity index (χ4n) is 3.40. The molecule has 3 aromatic carbocycles. The van der Waals surface area contributed by atoms with E-state index in [1.165, 1.54) is 10.8 Å². The third kappa shape index (κ3) is 1.63. The van der Waals surface area contributed by atoms with Crippen molar-refractivity contribution >= 4 is 69.5 Å². The van der Waals surface area contributed by atoms with Crippen molar-refractivity contribution in [1.29, 1.82) is 0 Å². The largest absolute Gasteiger partial charge is 0.506 e. The van der Waals surface area contributed by atoms with Gasteiger partial charge >= 0.3 is 0 Å². The fourth-order valence-corrected chi connectivity index (χ4v) is 5.09. The number of rotatable bonds is 0. The molecule has 5 heteroatoms. The number of hydrogen-bond acceptors (Lipinski definition) is 2. The molecule has 1 N–H and O–H groups in total. The van der Waals surface area contributed by atoms with E-state index in [1.54, 1.807) is 0 Å². The molecule has 5 rings (SSSR count). The minimum Gasteiger partial charge on any atom is -0.506 e. The number of aromatic hydroxyl groups is 1. The zero-order chi connectivity index (χ0) is 15.9. The highest BCUT2D eigenvalue weighted by Gasteiger charge is 2.31. The van der Waals surface area contributed by atoms with Gasteiger partial charge in [-0.3, -0.25) is 0 Å². The van der Waals surface area contributed by atoms with E-state index in [-0.39, 0.29) is 5.75 Å². The third-order valence-corrected chi connectivity index (χ3v) is 7.19. The van der Waals surface area contributed by atoms with E-state index in [1.807, 2.05) is 6.07 Å². The van der Waals surface area contributed by atoms with Crippen molar-refractivity contribution in [3.05, 3.63) is 49.8 Å². The van der Waals surface area contributed by atoms with Crippen molar-refractivity contribution in [2.75, 3.05) is 0 Å². The molecule has 2 nitrogen and oxygen atoms in total. The van der Waals surface area contributed by atoms with E-state index in [0.717, 1.165) is 33.4 Å². The summed E-state index contributed by atoms with van der Waals surface area (Å²) in [6.07, 6.45) is 0. The van der Waals surface area contributed by atoms with Gasteiger partial charge < -0.3 is 9.52 Å². The van der Waals surface area contributed by atoms with Gasteiger partial charge in [-0.15, -0.1) is 0 Å². The summed E-state index contributed by atoms with van der Waals surface area (Å²) in [5.74, 6) is 1.02. The molecular formula is C18H7Br3O2. The molecule has 0 saturated carbocycles. The number of benzene rings is 3. The summed E-state index contributed by atoms with van der Waals surface area (Å²) in [7, 11) is 0. The van der Waals surface area contributed by atoms with Gasteiger partial charge in [0.05, 0.1) is 13.4 Å². The van der Waals surface area contributed by atoms with Crippen molar-refractivity contribution in [3.63, 3.8) is 0 Å². The third-order valence-electron chi connectivity index (χ3n) is 4.35. The van der Waals surface area contributed by atoms with Gasteiger partial charge in [-0.2, -0.15) is 0 Å². The molecule has 0 atom stereocenters. The Balaban J connectivity index is 2.06. The predicted molar refractivity (Wildman–Crippen MR) is 103 cm³/mol. The highest BCUT2D eigenvalue weighted by atomic mass is 79.9. The van der Waals surface area contributed by atoms with Crippen molar-refractivity contribution in [1.82, 2.24) is 0 Å². The molecule has 0 aliphatic heterocycles. The molecule has 0 saturated heterocycles. The highest BCUT2D eigenvalue weighted by Crippen LogP contribution is 2.56. The second-order valence-electron chi connectivity index (χ2n) is 5.51. The van der Waals surface area contributed by atoms with Crippen LogP contribution >= 0.6 is 47.8 Å². The summed E-state index contributed by atoms with van der Waals surface area (Å²) in [5, 5.41) is 13.7. The van der Waals surface area contributed by atoms with Gasteiger partial charge in [0.1, 0.15) is 11.5 Å². The number of furan rings is 1. The van der Waals surface area contributed by atoms with Crippen LogP contribution in [0.2, 0.25) is 0 Å². The molecule has 0 fully saturated rings. The molecule has 1 aliphatic carbocycles. The molecule has 1 aliphatic rings. The molecule has 0 radical (unpaired) electrons. The maximum absolute atomic E-state index is 10.4. The molecule has 112 valence electrons. The van der Waals surface area contributed by atoms with Gasteiger partial charge in [-0.05, 0) is 58.7 Å². The average Bonchev–Trinajstić information content (AvgIpc) is 3.10. The standard InChI is InChI=1S/C18H7Br3O2/c19-13-12-11-8-5-1-3-7-4-2-6-9(10(7)8)17(11)23-18(12)15(21)14(20)16(13)22/h1-6,22H. The van der Waals surface area contributed by atoms with Gasteiger partial charge in [0.2, 0.25) is 0 Å². The van der Waals surface area contributed by atoms with Crippen molar-refractivity contribution in [2.24, 2.45) is 0 Å². The van der Waals surface area contributed by atoms with Gasteiger partial charge in [0, 0.05) is 21.9 Å². The lowest BCUT2D eigenvalue weighted by Crippen LogP contribution is -1.81. The Hall–Kier alpha value is -1.30. The molecule has 0 spiro atoms. The molecule has 0 bridgehead atoms. The van der Waals surface area contributed by atoms with E-state index in [9.17, 15) is 5.11 Å². The summed E-state index contributed by atoms with van der Waals surface area (Å²) in [6.45, 7) is 0. The smallest absolute Gasteiger partial charge is 0.152 e. The fraction of sp³-hybridized carbons (Fsp3) is 0. The molecule has 23 heavy (non-hydrogen) atoms. The first-order valence-corrected chi connectivity index (χ1v) is 9.32. The Labute approximate surface area is 156 Å². The van der Waals surface area contributed by atoms with Crippen LogP contribution in [0.25, 0.3) is 44.2 Å². The van der Waals surface area contributed by atoms with Crippen LogP contribution < -0.4 is 0 Å². The first-order chi connectivity index (χ1) is 11.1. The lowest BCUT2D eigenvalue weighted by Gasteiger charge is -2.07. The number of fused-ring (bicyclic) bond motifs is 5. The Kier molecular flexibility index (Phi) is 2.83. The molecular weight excluding hydrogens is 488 g/mol. The van der Waals surface area contributed by atoms with Crippen LogP contribution in [0.15, 0.2) is 54.2 Å². The number of hydrogen-bond donors (Lipinski definition) is 1. The summed E-state index contributed by atoms with van der Waals surface area (Å²) < 4.78 is 8.14. The van der Waals surface area contributed by atoms with E-state index in [2.05, 4.69) is 78.1 Å². The predicted octanol–water partition coefficient (Wildman–Crippen LogP) is 7.23. The van der Waals surface area contributed by atoms with Gasteiger partial charge in [-0.25, -0.2) is 0 Å².